The number of carbonyl (C=O) groups excluding carboxylic acids is 1. The molecule has 1 aliphatic heterocycles. The van der Waals surface area contributed by atoms with E-state index >= 15 is 0 Å². The minimum Gasteiger partial charge on any atom is -0.340 e. The van der Waals surface area contributed by atoms with E-state index in [1.807, 2.05) is 65.6 Å². The number of rotatable bonds is 5. The van der Waals surface area contributed by atoms with E-state index in [1.54, 1.807) is 23.7 Å². The van der Waals surface area contributed by atoms with Gasteiger partial charge in [-0.3, -0.25) is 4.79 Å². The van der Waals surface area contributed by atoms with Crippen LogP contribution in [0.15, 0.2) is 84.9 Å². The number of fused-ring (bicyclic) bond motifs is 1. The molecule has 0 spiro atoms. The highest BCUT2D eigenvalue weighted by Gasteiger charge is 2.23. The van der Waals surface area contributed by atoms with Crippen LogP contribution in [0.1, 0.15) is 16.8 Å². The summed E-state index contributed by atoms with van der Waals surface area (Å²) in [5, 5.41) is 13.6. The summed E-state index contributed by atoms with van der Waals surface area (Å²) in [5.41, 5.74) is 6.00. The number of nitrogens with zero attached hydrogens (tertiary/aromatic N) is 6. The predicted molar refractivity (Wildman–Crippen MR) is 147 cm³/mol. The number of aromatic nitrogens is 5. The molecule has 0 aliphatic carbocycles. The van der Waals surface area contributed by atoms with Crippen LogP contribution in [0.4, 0.5) is 4.39 Å². The molecule has 194 valence electrons. The van der Waals surface area contributed by atoms with Crippen molar-refractivity contribution in [2.45, 2.75) is 26.3 Å². The molecule has 2 aromatic heterocycles. The molecule has 6 rings (SSSR count). The Morgan fingerprint density at radius 3 is 2.31 bits per heavy atom. The van der Waals surface area contributed by atoms with Crippen LogP contribution < -0.4 is 0 Å². The van der Waals surface area contributed by atoms with Crippen molar-refractivity contribution in [2.24, 2.45) is 0 Å². The smallest absolute Gasteiger partial charge is 0.244 e. The molecule has 5 aromatic rings. The first kappa shape index (κ1) is 24.6. The topological polar surface area (TPSA) is 76.8 Å². The van der Waals surface area contributed by atoms with Crippen molar-refractivity contribution < 1.29 is 9.18 Å². The van der Waals surface area contributed by atoms with Gasteiger partial charge in [-0.2, -0.15) is 10.2 Å². The standard InChI is InChI=1S/C31H27FN6O/c1-21-18-25(12-13-26(21)32)30-33-31(23-10-6-3-7-11-23)38(36-30)20-29(39)37-16-14-24-19-28(22-8-4-2-5-9-22)35-34-27(24)15-17-37/h2-13,18-19H,14-17,20H2,1H3. The largest absolute Gasteiger partial charge is 0.340 e. The summed E-state index contributed by atoms with van der Waals surface area (Å²) >= 11 is 0. The predicted octanol–water partition coefficient (Wildman–Crippen LogP) is 5.14. The van der Waals surface area contributed by atoms with Crippen molar-refractivity contribution in [3.63, 3.8) is 0 Å². The second-order valence-corrected chi connectivity index (χ2v) is 9.69. The lowest BCUT2D eigenvalue weighted by atomic mass is 10.1. The number of amides is 1. The van der Waals surface area contributed by atoms with Gasteiger partial charge in [-0.05, 0) is 48.7 Å². The van der Waals surface area contributed by atoms with Crippen LogP contribution in [0.3, 0.4) is 0 Å². The van der Waals surface area contributed by atoms with Gasteiger partial charge in [0.15, 0.2) is 11.6 Å². The number of aryl methyl sites for hydroxylation is 1. The molecule has 0 radical (unpaired) electrons. The van der Waals surface area contributed by atoms with Gasteiger partial charge in [0, 0.05) is 36.2 Å². The number of halogens is 1. The lowest BCUT2D eigenvalue weighted by Crippen LogP contribution is -2.36. The number of hydrogen-bond acceptors (Lipinski definition) is 5. The van der Waals surface area contributed by atoms with Crippen LogP contribution >= 0.6 is 0 Å². The van der Waals surface area contributed by atoms with E-state index in [0.29, 0.717) is 48.7 Å². The Bertz CT molecular complexity index is 1630. The monoisotopic (exact) mass is 518 g/mol. The molecule has 0 atom stereocenters. The van der Waals surface area contributed by atoms with Crippen molar-refractivity contribution >= 4 is 5.91 Å². The van der Waals surface area contributed by atoms with Crippen LogP contribution in [0.2, 0.25) is 0 Å². The van der Waals surface area contributed by atoms with Crippen LogP contribution in [0.25, 0.3) is 34.0 Å². The molecule has 0 saturated carbocycles. The third-order valence-corrected chi connectivity index (χ3v) is 7.06. The molecule has 7 nitrogen and oxygen atoms in total. The lowest BCUT2D eigenvalue weighted by Gasteiger charge is -2.20. The molecule has 0 saturated heterocycles. The fourth-order valence-electron chi connectivity index (χ4n) is 4.88. The zero-order valence-electron chi connectivity index (χ0n) is 21.6. The third-order valence-electron chi connectivity index (χ3n) is 7.06. The summed E-state index contributed by atoms with van der Waals surface area (Å²) < 4.78 is 15.5. The van der Waals surface area contributed by atoms with Crippen molar-refractivity contribution in [3.05, 3.63) is 108 Å². The zero-order valence-corrected chi connectivity index (χ0v) is 21.6. The summed E-state index contributed by atoms with van der Waals surface area (Å²) in [6.07, 6.45) is 1.35. The summed E-state index contributed by atoms with van der Waals surface area (Å²) in [6, 6.07) is 26.5. The van der Waals surface area contributed by atoms with E-state index in [9.17, 15) is 9.18 Å². The first-order valence-electron chi connectivity index (χ1n) is 13.0. The first-order valence-corrected chi connectivity index (χ1v) is 13.0. The minimum absolute atomic E-state index is 0.0389. The molecule has 0 fully saturated rings. The van der Waals surface area contributed by atoms with E-state index < -0.39 is 0 Å². The molecular weight excluding hydrogens is 491 g/mol. The third kappa shape index (κ3) is 5.18. The van der Waals surface area contributed by atoms with E-state index in [2.05, 4.69) is 21.4 Å². The highest BCUT2D eigenvalue weighted by atomic mass is 19.1. The average Bonchev–Trinajstić information content (AvgIpc) is 3.26. The SMILES string of the molecule is Cc1cc(-c2nc(-c3ccccc3)n(CC(=O)N3CCc4cc(-c5ccccc5)nnc4CC3)n2)ccc1F. The number of benzene rings is 3. The molecule has 8 heteroatoms. The molecule has 1 aliphatic rings. The van der Waals surface area contributed by atoms with Gasteiger partial charge in [0.1, 0.15) is 12.4 Å². The van der Waals surface area contributed by atoms with E-state index in [1.165, 1.54) is 6.07 Å². The number of carbonyl (C=O) groups is 1. The van der Waals surface area contributed by atoms with E-state index in [4.69, 9.17) is 4.98 Å². The molecule has 0 bridgehead atoms. The van der Waals surface area contributed by atoms with Gasteiger partial charge < -0.3 is 4.90 Å². The summed E-state index contributed by atoms with van der Waals surface area (Å²) in [6.45, 7) is 2.91. The van der Waals surface area contributed by atoms with E-state index in [0.717, 1.165) is 28.1 Å². The summed E-state index contributed by atoms with van der Waals surface area (Å²) in [5.74, 6) is 0.733. The van der Waals surface area contributed by atoms with Crippen LogP contribution in [0.5, 0.6) is 0 Å². The Hall–Kier alpha value is -4.72. The van der Waals surface area contributed by atoms with Gasteiger partial charge in [0.25, 0.3) is 0 Å². The van der Waals surface area contributed by atoms with Gasteiger partial charge in [0.05, 0.1) is 11.4 Å². The maximum atomic E-state index is 13.9. The van der Waals surface area contributed by atoms with Crippen LogP contribution in [-0.4, -0.2) is 48.9 Å². The molecule has 39 heavy (non-hydrogen) atoms. The highest BCUT2D eigenvalue weighted by molar-refractivity contribution is 5.77. The normalized spacial score (nSPS) is 13.1. The van der Waals surface area contributed by atoms with Crippen LogP contribution in [-0.2, 0) is 24.2 Å². The second-order valence-electron chi connectivity index (χ2n) is 9.69. The maximum Gasteiger partial charge on any atom is 0.244 e. The van der Waals surface area contributed by atoms with Crippen molar-refractivity contribution in [2.75, 3.05) is 13.1 Å². The molecule has 3 heterocycles. The molecule has 1 amide bonds. The Kier molecular flexibility index (Phi) is 6.67. The maximum absolute atomic E-state index is 13.9. The molecular formula is C31H27FN6O. The molecule has 0 unspecified atom stereocenters. The Labute approximate surface area is 226 Å². The molecule has 0 N–H and O–H groups in total. The van der Waals surface area contributed by atoms with Gasteiger partial charge >= 0.3 is 0 Å². The minimum atomic E-state index is -0.278. The van der Waals surface area contributed by atoms with Crippen molar-refractivity contribution in [3.8, 4) is 34.0 Å². The second kappa shape index (κ2) is 10.6. The zero-order chi connectivity index (χ0) is 26.8. The fourth-order valence-corrected chi connectivity index (χ4v) is 4.88. The average molecular weight is 519 g/mol. The van der Waals surface area contributed by atoms with Gasteiger partial charge in [0.2, 0.25) is 5.91 Å². The van der Waals surface area contributed by atoms with Crippen LogP contribution in [0, 0.1) is 12.7 Å². The first-order chi connectivity index (χ1) is 19.0. The Balaban J connectivity index is 1.24. The van der Waals surface area contributed by atoms with E-state index in [-0.39, 0.29) is 18.3 Å². The Morgan fingerprint density at radius 2 is 1.56 bits per heavy atom. The summed E-state index contributed by atoms with van der Waals surface area (Å²) in [4.78, 5) is 20.2. The number of hydrogen-bond donors (Lipinski definition) is 0. The summed E-state index contributed by atoms with van der Waals surface area (Å²) in [7, 11) is 0. The molecule has 3 aromatic carbocycles. The van der Waals surface area contributed by atoms with Gasteiger partial charge in [-0.15, -0.1) is 5.10 Å². The fraction of sp³-hybridized carbons (Fsp3) is 0.194. The Morgan fingerprint density at radius 1 is 0.846 bits per heavy atom. The van der Waals surface area contributed by atoms with Crippen molar-refractivity contribution in [1.82, 2.24) is 29.9 Å². The quantitative estimate of drug-likeness (QED) is 0.322. The van der Waals surface area contributed by atoms with Crippen molar-refractivity contribution in [1.29, 1.82) is 0 Å². The van der Waals surface area contributed by atoms with Gasteiger partial charge in [-0.25, -0.2) is 14.1 Å². The van der Waals surface area contributed by atoms with Gasteiger partial charge in [-0.1, -0.05) is 60.7 Å². The lowest BCUT2D eigenvalue weighted by molar-refractivity contribution is -0.131. The highest BCUT2D eigenvalue weighted by Crippen LogP contribution is 2.25.